The molecule has 0 aromatic heterocycles. The van der Waals surface area contributed by atoms with E-state index in [9.17, 15) is 25.5 Å². The number of unbranched alkanes of at least 4 members (excludes halogenated alkanes) is 1. The molecule has 0 saturated carbocycles. The van der Waals surface area contributed by atoms with E-state index in [-0.39, 0.29) is 68.9 Å². The van der Waals surface area contributed by atoms with E-state index in [1.165, 1.54) is 28.8 Å². The molecular weight excluding hydrogens is 768 g/mol. The standard InChI is InChI=1S/C33H34O5.C12H9.C7H8.C2H6.K/c1-4-5-20-31(34,35)32(33(36,37)38,27-14-7-6-8-15-27)28-16-11-13-25(21-28)26-19-18-24(3)30(22-26)29-17-10-9-12-23(29)2;1-3-7-11(8-4-1)12-9-5-2-6-10-12;1-7-5-3-2-4-6-7;1-2;/h6-14,17-19,21-22,34-38H,4-5,20H2,1-3H3;1,3-10H;2-6H,1H3;1-2H3;/q-2;-1;;;+1. The molecule has 7 rings (SSSR count). The third-order valence-corrected chi connectivity index (χ3v) is 10.1. The molecule has 0 heterocycles. The predicted molar refractivity (Wildman–Crippen MR) is 241 cm³/mol. The zero-order chi connectivity index (χ0) is 42.9. The number of aliphatic hydroxyl groups is 5. The van der Waals surface area contributed by atoms with Gasteiger partial charge in [0.2, 0.25) is 0 Å². The molecule has 306 valence electrons. The van der Waals surface area contributed by atoms with E-state index in [0.717, 1.165) is 27.8 Å². The fourth-order valence-corrected chi connectivity index (χ4v) is 7.02. The largest absolute Gasteiger partial charge is 1.00 e. The summed E-state index contributed by atoms with van der Waals surface area (Å²) in [6, 6.07) is 62.9. The van der Waals surface area contributed by atoms with Crippen LogP contribution < -0.4 is 51.4 Å². The minimum atomic E-state index is -3.56. The average Bonchev–Trinajstić information content (AvgIpc) is 3.26. The van der Waals surface area contributed by atoms with Gasteiger partial charge in [0.25, 0.3) is 5.97 Å². The zero-order valence-corrected chi connectivity index (χ0v) is 39.1. The first-order valence-electron chi connectivity index (χ1n) is 20.2. The van der Waals surface area contributed by atoms with Gasteiger partial charge in [-0.3, -0.25) is 0 Å². The molecule has 0 radical (unpaired) electrons. The molecule has 0 saturated heterocycles. The number of aryl methyl sites for hydroxylation is 3. The van der Waals surface area contributed by atoms with Gasteiger partial charge < -0.3 is 25.5 Å². The van der Waals surface area contributed by atoms with Gasteiger partial charge in [-0.2, -0.15) is 84.9 Å². The van der Waals surface area contributed by atoms with Gasteiger partial charge in [-0.1, -0.05) is 130 Å². The van der Waals surface area contributed by atoms with Crippen LogP contribution in [0.25, 0.3) is 33.4 Å². The second kappa shape index (κ2) is 24.4. The predicted octanol–water partition coefficient (Wildman–Crippen LogP) is 8.20. The molecule has 7 aromatic carbocycles. The van der Waals surface area contributed by atoms with Crippen molar-refractivity contribution in [3.05, 3.63) is 216 Å². The van der Waals surface area contributed by atoms with Crippen LogP contribution in [-0.2, 0) is 5.41 Å². The van der Waals surface area contributed by atoms with Crippen molar-refractivity contribution >= 4 is 0 Å². The summed E-state index contributed by atoms with van der Waals surface area (Å²) < 4.78 is 0. The Morgan fingerprint density at radius 3 is 1.58 bits per heavy atom. The summed E-state index contributed by atoms with van der Waals surface area (Å²) in [5.41, 5.74) is 7.26. The van der Waals surface area contributed by atoms with E-state index in [0.29, 0.717) is 18.4 Å². The maximum atomic E-state index is 11.5. The molecular formula is C54H57KO5-2. The Balaban J connectivity index is 0.000000354. The smallest absolute Gasteiger partial charge is 0.364 e. The van der Waals surface area contributed by atoms with Crippen LogP contribution in [0.4, 0.5) is 0 Å². The molecule has 0 fully saturated rings. The molecule has 1 unspecified atom stereocenters. The first kappa shape index (κ1) is 50.3. The maximum absolute atomic E-state index is 11.5. The summed E-state index contributed by atoms with van der Waals surface area (Å²) in [7, 11) is 0. The fourth-order valence-electron chi connectivity index (χ4n) is 7.02. The quantitative estimate of drug-likeness (QED) is 0.0545. The van der Waals surface area contributed by atoms with Crippen molar-refractivity contribution in [2.24, 2.45) is 0 Å². The number of rotatable bonds is 10. The van der Waals surface area contributed by atoms with Crippen LogP contribution in [0.5, 0.6) is 0 Å². The zero-order valence-electron chi connectivity index (χ0n) is 36.0. The normalized spacial score (nSPS) is 11.8. The van der Waals surface area contributed by atoms with Crippen molar-refractivity contribution in [2.45, 2.75) is 78.0 Å². The maximum Gasteiger partial charge on any atom is 1.00 e. The Morgan fingerprint density at radius 2 is 1.02 bits per heavy atom. The van der Waals surface area contributed by atoms with Crippen molar-refractivity contribution in [1.82, 2.24) is 0 Å². The Morgan fingerprint density at radius 1 is 0.483 bits per heavy atom. The Bertz CT molecular complexity index is 2230. The molecule has 0 bridgehead atoms. The number of benzene rings is 7. The van der Waals surface area contributed by atoms with Crippen molar-refractivity contribution < 1.29 is 76.9 Å². The van der Waals surface area contributed by atoms with Crippen LogP contribution in [0.2, 0.25) is 0 Å². The van der Waals surface area contributed by atoms with Gasteiger partial charge in [-0.05, 0) is 66.6 Å². The van der Waals surface area contributed by atoms with E-state index in [1.54, 1.807) is 24.3 Å². The van der Waals surface area contributed by atoms with E-state index in [2.05, 4.69) is 86.6 Å². The van der Waals surface area contributed by atoms with E-state index in [4.69, 9.17) is 0 Å². The van der Waals surface area contributed by atoms with Crippen LogP contribution >= 0.6 is 0 Å². The topological polar surface area (TPSA) is 101 Å². The molecule has 1 atom stereocenters. The summed E-state index contributed by atoms with van der Waals surface area (Å²) in [4.78, 5) is 0. The van der Waals surface area contributed by atoms with Crippen LogP contribution in [0.1, 0.15) is 67.9 Å². The van der Waals surface area contributed by atoms with Gasteiger partial charge in [-0.25, -0.2) is 0 Å². The number of hydrogen-bond acceptors (Lipinski definition) is 5. The van der Waals surface area contributed by atoms with Gasteiger partial charge in [0.1, 0.15) is 5.41 Å². The van der Waals surface area contributed by atoms with E-state index in [1.807, 2.05) is 107 Å². The van der Waals surface area contributed by atoms with Crippen molar-refractivity contribution in [1.29, 1.82) is 0 Å². The van der Waals surface area contributed by atoms with Crippen LogP contribution in [0.3, 0.4) is 0 Å². The summed E-state index contributed by atoms with van der Waals surface area (Å²) >= 11 is 0. The Hall–Kier alpha value is -4.02. The molecule has 0 aliphatic rings. The molecule has 0 amide bonds. The van der Waals surface area contributed by atoms with Crippen molar-refractivity contribution in [3.8, 4) is 33.4 Å². The molecule has 60 heavy (non-hydrogen) atoms. The summed E-state index contributed by atoms with van der Waals surface area (Å²) in [5.74, 6) is -6.31. The van der Waals surface area contributed by atoms with Gasteiger partial charge >= 0.3 is 51.4 Å². The summed E-state index contributed by atoms with van der Waals surface area (Å²) in [5, 5.41) is 55.4. The third kappa shape index (κ3) is 12.8. The van der Waals surface area contributed by atoms with Gasteiger partial charge in [0, 0.05) is 6.42 Å². The first-order chi connectivity index (χ1) is 28.4. The monoisotopic (exact) mass is 824 g/mol. The van der Waals surface area contributed by atoms with Crippen molar-refractivity contribution in [3.63, 3.8) is 0 Å². The minimum absolute atomic E-state index is 0. The number of hydrogen-bond donors (Lipinski definition) is 5. The SMILES string of the molecule is CC.CCCCC(O)(O)C(c1[c-]cccc1)(c1[c-]ccc(-c2ccc(C)c(-c3ccccc3C)c2)c1)C(O)(O)O.Cc1ccccc1.[K+].[c-]1ccc(-c2ccccc2)cc1. The van der Waals surface area contributed by atoms with Crippen molar-refractivity contribution in [2.75, 3.05) is 0 Å². The molecule has 6 heteroatoms. The second-order valence-electron chi connectivity index (χ2n) is 14.2. The Kier molecular flexibility index (Phi) is 20.5. The average molecular weight is 825 g/mol. The van der Waals surface area contributed by atoms with Crippen LogP contribution in [0.15, 0.2) is 170 Å². The van der Waals surface area contributed by atoms with Crippen LogP contribution in [0, 0.1) is 39.0 Å². The van der Waals surface area contributed by atoms with Crippen LogP contribution in [-0.4, -0.2) is 37.3 Å². The second-order valence-corrected chi connectivity index (χ2v) is 14.2. The minimum Gasteiger partial charge on any atom is -0.364 e. The molecule has 0 spiro atoms. The Labute approximate surface area is 400 Å². The van der Waals surface area contributed by atoms with Gasteiger partial charge in [0.15, 0.2) is 5.79 Å². The molecule has 5 nitrogen and oxygen atoms in total. The fraction of sp³-hybridized carbons (Fsp3) is 0.222. The molecule has 5 N–H and O–H groups in total. The third-order valence-electron chi connectivity index (χ3n) is 10.1. The molecule has 0 aliphatic heterocycles. The van der Waals surface area contributed by atoms with Gasteiger partial charge in [0.05, 0.1) is 0 Å². The van der Waals surface area contributed by atoms with E-state index >= 15 is 0 Å². The van der Waals surface area contributed by atoms with Gasteiger partial charge in [-0.15, -0.1) is 22.3 Å². The first-order valence-corrected chi connectivity index (χ1v) is 20.2. The molecule has 7 aromatic rings. The summed E-state index contributed by atoms with van der Waals surface area (Å²) in [6.45, 7) is 12.1. The van der Waals surface area contributed by atoms with E-state index < -0.39 is 17.2 Å². The summed E-state index contributed by atoms with van der Waals surface area (Å²) in [6.07, 6.45) is 0.770. The molecule has 0 aliphatic carbocycles.